The van der Waals surface area contributed by atoms with Gasteiger partial charge in [0.2, 0.25) is 0 Å². The fourth-order valence-electron chi connectivity index (χ4n) is 3.29. The van der Waals surface area contributed by atoms with Crippen LogP contribution in [0.3, 0.4) is 0 Å². The first-order valence-electron chi connectivity index (χ1n) is 5.66. The van der Waals surface area contributed by atoms with Crippen LogP contribution in [-0.4, -0.2) is 30.3 Å². The third kappa shape index (κ3) is 1.62. The van der Waals surface area contributed by atoms with E-state index in [2.05, 4.69) is 7.05 Å². The van der Waals surface area contributed by atoms with Crippen LogP contribution in [0.25, 0.3) is 0 Å². The maximum absolute atomic E-state index is 10.3. The Morgan fingerprint density at radius 2 is 2.00 bits per heavy atom. The molecule has 1 aliphatic heterocycles. The van der Waals surface area contributed by atoms with Crippen molar-refractivity contribution in [3.8, 4) is 0 Å². The van der Waals surface area contributed by atoms with Crippen molar-refractivity contribution in [3.05, 3.63) is 0 Å². The molecule has 76 valence electrons. The van der Waals surface area contributed by atoms with Crippen molar-refractivity contribution in [3.63, 3.8) is 0 Å². The molecule has 0 aromatic heterocycles. The summed E-state index contributed by atoms with van der Waals surface area (Å²) >= 11 is 0. The average Bonchev–Trinajstić information content (AvgIpc) is 2.13. The van der Waals surface area contributed by atoms with Gasteiger partial charge < -0.3 is 10.0 Å². The van der Waals surface area contributed by atoms with Gasteiger partial charge in [0.15, 0.2) is 0 Å². The Morgan fingerprint density at radius 3 is 2.69 bits per heavy atom. The quantitative estimate of drug-likeness (QED) is 0.553. The Kier molecular flexibility index (Phi) is 2.37. The Hall–Kier alpha value is -0.0800. The lowest BCUT2D eigenvalue weighted by molar-refractivity contribution is -0.920. The molecule has 0 bridgehead atoms. The van der Waals surface area contributed by atoms with Gasteiger partial charge in [-0.25, -0.2) is 0 Å². The Labute approximate surface area is 80.9 Å². The molecule has 2 N–H and O–H groups in total. The van der Waals surface area contributed by atoms with Gasteiger partial charge in [0.05, 0.1) is 25.2 Å². The number of hydrogen-bond acceptors (Lipinski definition) is 1. The molecule has 13 heavy (non-hydrogen) atoms. The van der Waals surface area contributed by atoms with E-state index in [-0.39, 0.29) is 5.60 Å². The lowest BCUT2D eigenvalue weighted by Crippen LogP contribution is -3.16. The Bertz CT molecular complexity index is 191. The van der Waals surface area contributed by atoms with E-state index < -0.39 is 0 Å². The molecule has 2 nitrogen and oxygen atoms in total. The van der Waals surface area contributed by atoms with E-state index in [0.717, 1.165) is 19.0 Å². The Balaban J connectivity index is 2.14. The second-order valence-corrected chi connectivity index (χ2v) is 5.20. The zero-order chi connectivity index (χ0) is 9.47. The van der Waals surface area contributed by atoms with Gasteiger partial charge in [0.25, 0.3) is 0 Å². The summed E-state index contributed by atoms with van der Waals surface area (Å²) < 4.78 is 0. The maximum atomic E-state index is 10.3. The van der Waals surface area contributed by atoms with E-state index >= 15 is 0 Å². The molecular weight excluding hydrogens is 162 g/mol. The molecular formula is C11H22NO+. The number of piperidine rings is 1. The smallest absolute Gasteiger partial charge is 0.0928 e. The van der Waals surface area contributed by atoms with Crippen molar-refractivity contribution in [2.45, 2.75) is 50.7 Å². The SMILES string of the molecule is C[NH+]1CC[C@](C)(O)[C@H]2CCCC[C@@H]21. The highest BCUT2D eigenvalue weighted by Gasteiger charge is 2.46. The summed E-state index contributed by atoms with van der Waals surface area (Å²) in [6.45, 7) is 3.19. The Morgan fingerprint density at radius 1 is 1.31 bits per heavy atom. The molecule has 1 aliphatic carbocycles. The summed E-state index contributed by atoms with van der Waals surface area (Å²) in [6.07, 6.45) is 6.25. The fraction of sp³-hybridized carbons (Fsp3) is 1.00. The monoisotopic (exact) mass is 184 g/mol. The summed E-state index contributed by atoms with van der Waals surface area (Å²) in [6, 6.07) is 0.734. The molecule has 0 amide bonds. The lowest BCUT2D eigenvalue weighted by atomic mass is 9.70. The molecule has 0 aromatic carbocycles. The van der Waals surface area contributed by atoms with Crippen molar-refractivity contribution in [2.75, 3.05) is 13.6 Å². The molecule has 2 fully saturated rings. The number of rotatable bonds is 0. The number of nitrogens with one attached hydrogen (secondary N) is 1. The van der Waals surface area contributed by atoms with Crippen LogP contribution in [0.5, 0.6) is 0 Å². The van der Waals surface area contributed by atoms with Gasteiger partial charge in [-0.15, -0.1) is 0 Å². The average molecular weight is 184 g/mol. The minimum absolute atomic E-state index is 0.370. The van der Waals surface area contributed by atoms with Crippen LogP contribution >= 0.6 is 0 Å². The molecule has 2 heteroatoms. The standard InChI is InChI=1S/C11H21NO/c1-11(13)7-8-12(2)10-6-4-3-5-9(10)11/h9-10,13H,3-8H2,1-2H3/p+1/t9-,10-,11-/m0/s1. The second kappa shape index (κ2) is 3.25. The van der Waals surface area contributed by atoms with Gasteiger partial charge in [0, 0.05) is 12.3 Å². The van der Waals surface area contributed by atoms with E-state index in [1.54, 1.807) is 4.90 Å². The second-order valence-electron chi connectivity index (χ2n) is 5.20. The van der Waals surface area contributed by atoms with Crippen LogP contribution in [0.4, 0.5) is 0 Å². The third-order valence-corrected chi connectivity index (χ3v) is 4.22. The molecule has 1 unspecified atom stereocenters. The van der Waals surface area contributed by atoms with Gasteiger partial charge >= 0.3 is 0 Å². The van der Waals surface area contributed by atoms with Crippen LogP contribution in [-0.2, 0) is 0 Å². The van der Waals surface area contributed by atoms with E-state index in [1.807, 2.05) is 6.92 Å². The van der Waals surface area contributed by atoms with Crippen molar-refractivity contribution in [1.29, 1.82) is 0 Å². The zero-order valence-corrected chi connectivity index (χ0v) is 8.84. The lowest BCUT2D eigenvalue weighted by Gasteiger charge is -2.47. The summed E-state index contributed by atoms with van der Waals surface area (Å²) in [5, 5.41) is 10.3. The van der Waals surface area contributed by atoms with Gasteiger partial charge in [-0.1, -0.05) is 6.42 Å². The molecule has 2 rings (SSSR count). The van der Waals surface area contributed by atoms with Crippen molar-refractivity contribution in [2.24, 2.45) is 5.92 Å². The molecule has 4 atom stereocenters. The summed E-state index contributed by atoms with van der Waals surface area (Å²) in [7, 11) is 2.29. The predicted molar refractivity (Wildman–Crippen MR) is 52.7 cm³/mol. The van der Waals surface area contributed by atoms with Gasteiger partial charge in [0.1, 0.15) is 0 Å². The zero-order valence-electron chi connectivity index (χ0n) is 8.84. The number of likely N-dealkylation sites (tertiary alicyclic amines) is 1. The first kappa shape index (κ1) is 9.47. The van der Waals surface area contributed by atoms with Gasteiger partial charge in [-0.3, -0.25) is 0 Å². The molecule has 0 spiro atoms. The first-order valence-corrected chi connectivity index (χ1v) is 5.66. The van der Waals surface area contributed by atoms with E-state index in [0.29, 0.717) is 5.92 Å². The van der Waals surface area contributed by atoms with Crippen LogP contribution < -0.4 is 4.90 Å². The minimum atomic E-state index is -0.370. The normalized spacial score (nSPS) is 51.5. The number of aliphatic hydroxyl groups is 1. The third-order valence-electron chi connectivity index (χ3n) is 4.22. The van der Waals surface area contributed by atoms with Crippen molar-refractivity contribution < 1.29 is 10.0 Å². The molecule has 1 saturated heterocycles. The largest absolute Gasteiger partial charge is 0.389 e. The number of fused-ring (bicyclic) bond motifs is 1. The molecule has 1 saturated carbocycles. The fourth-order valence-corrected chi connectivity index (χ4v) is 3.29. The van der Waals surface area contributed by atoms with E-state index in [9.17, 15) is 5.11 Å². The van der Waals surface area contributed by atoms with Crippen LogP contribution in [0.2, 0.25) is 0 Å². The van der Waals surface area contributed by atoms with E-state index in [1.165, 1.54) is 25.7 Å². The van der Waals surface area contributed by atoms with Crippen molar-refractivity contribution in [1.82, 2.24) is 0 Å². The number of quaternary nitrogens is 1. The predicted octanol–water partition coefficient (Wildman–Crippen LogP) is 0.215. The number of hydrogen-bond donors (Lipinski definition) is 2. The first-order chi connectivity index (χ1) is 6.11. The summed E-state index contributed by atoms with van der Waals surface area (Å²) in [5.74, 6) is 0.565. The van der Waals surface area contributed by atoms with Crippen LogP contribution in [0.1, 0.15) is 39.0 Å². The molecule has 0 aromatic rings. The highest BCUT2D eigenvalue weighted by atomic mass is 16.3. The maximum Gasteiger partial charge on any atom is 0.0928 e. The van der Waals surface area contributed by atoms with Crippen LogP contribution in [0, 0.1) is 5.92 Å². The highest BCUT2D eigenvalue weighted by molar-refractivity contribution is 4.91. The molecule has 1 heterocycles. The van der Waals surface area contributed by atoms with Crippen molar-refractivity contribution >= 4 is 0 Å². The minimum Gasteiger partial charge on any atom is -0.389 e. The van der Waals surface area contributed by atoms with Gasteiger partial charge in [-0.2, -0.15) is 0 Å². The molecule has 0 radical (unpaired) electrons. The van der Waals surface area contributed by atoms with Gasteiger partial charge in [-0.05, 0) is 26.2 Å². The van der Waals surface area contributed by atoms with E-state index in [4.69, 9.17) is 0 Å². The summed E-state index contributed by atoms with van der Waals surface area (Å²) in [4.78, 5) is 1.65. The highest BCUT2D eigenvalue weighted by Crippen LogP contribution is 2.35. The molecule has 2 aliphatic rings. The summed E-state index contributed by atoms with van der Waals surface area (Å²) in [5.41, 5.74) is -0.370. The van der Waals surface area contributed by atoms with Crippen LogP contribution in [0.15, 0.2) is 0 Å². The topological polar surface area (TPSA) is 24.7 Å².